The zero-order chi connectivity index (χ0) is 19.8. The maximum atomic E-state index is 11.1. The van der Waals surface area contributed by atoms with Gasteiger partial charge in [-0.3, -0.25) is 9.69 Å². The van der Waals surface area contributed by atoms with Crippen molar-refractivity contribution in [2.45, 2.75) is 25.9 Å². The van der Waals surface area contributed by atoms with Crippen LogP contribution in [0.2, 0.25) is 5.02 Å². The fraction of sp³-hybridized carbons (Fsp3) is 0.208. The largest absolute Gasteiger partial charge is 0.481 e. The van der Waals surface area contributed by atoms with E-state index in [9.17, 15) is 4.79 Å². The summed E-state index contributed by atoms with van der Waals surface area (Å²) in [5.74, 6) is -0.790. The van der Waals surface area contributed by atoms with Crippen LogP contribution in [0.15, 0.2) is 78.9 Å². The van der Waals surface area contributed by atoms with E-state index in [0.717, 1.165) is 12.0 Å². The van der Waals surface area contributed by atoms with Crippen LogP contribution in [0.4, 0.5) is 0 Å². The van der Waals surface area contributed by atoms with Crippen LogP contribution in [-0.4, -0.2) is 22.5 Å². The predicted molar refractivity (Wildman–Crippen MR) is 114 cm³/mol. The first-order valence-corrected chi connectivity index (χ1v) is 9.77. The number of hydrogen-bond donors (Lipinski definition) is 1. The second kappa shape index (κ2) is 10.1. The number of benzene rings is 3. The summed E-state index contributed by atoms with van der Waals surface area (Å²) in [6, 6.07) is 26.6. The lowest BCUT2D eigenvalue weighted by Crippen LogP contribution is -2.26. The van der Waals surface area contributed by atoms with Crippen LogP contribution < -0.4 is 0 Å². The van der Waals surface area contributed by atoms with Crippen molar-refractivity contribution in [3.63, 3.8) is 0 Å². The Morgan fingerprint density at radius 2 is 1.50 bits per heavy atom. The smallest absolute Gasteiger partial charge is 0.304 e. The van der Waals surface area contributed by atoms with Gasteiger partial charge in [0.15, 0.2) is 0 Å². The fourth-order valence-electron chi connectivity index (χ4n) is 3.26. The molecule has 0 unspecified atom stereocenters. The van der Waals surface area contributed by atoms with Gasteiger partial charge in [0.1, 0.15) is 0 Å². The Kier molecular flexibility index (Phi) is 7.24. The highest BCUT2D eigenvalue weighted by Crippen LogP contribution is 2.19. The van der Waals surface area contributed by atoms with Crippen molar-refractivity contribution in [1.29, 1.82) is 0 Å². The van der Waals surface area contributed by atoms with E-state index >= 15 is 0 Å². The van der Waals surface area contributed by atoms with E-state index in [2.05, 4.69) is 53.4 Å². The molecule has 3 aromatic rings. The number of halogens is 1. The summed E-state index contributed by atoms with van der Waals surface area (Å²) in [5.41, 5.74) is 4.71. The maximum Gasteiger partial charge on any atom is 0.304 e. The quantitative estimate of drug-likeness (QED) is 0.528. The lowest BCUT2D eigenvalue weighted by Gasteiger charge is -2.22. The van der Waals surface area contributed by atoms with E-state index < -0.39 is 5.97 Å². The third kappa shape index (κ3) is 6.22. The van der Waals surface area contributed by atoms with E-state index in [1.807, 2.05) is 30.3 Å². The summed E-state index contributed by atoms with van der Waals surface area (Å²) in [6.07, 6.45) is 0.989. The standard InChI is InChI=1S/C24H24ClNO2/c25-23-12-5-4-11-22(23)18-26(14-13-24(27)28)17-21-10-6-9-20(16-21)15-19-7-2-1-3-8-19/h1-12,16H,13-15,17-18H2,(H,27,28). The van der Waals surface area contributed by atoms with Gasteiger partial charge in [0.05, 0.1) is 6.42 Å². The van der Waals surface area contributed by atoms with Crippen LogP contribution in [0.5, 0.6) is 0 Å². The molecule has 0 aromatic heterocycles. The Bertz CT molecular complexity index is 911. The predicted octanol–water partition coefficient (Wildman–Crippen LogP) is 5.41. The highest BCUT2D eigenvalue weighted by atomic mass is 35.5. The van der Waals surface area contributed by atoms with Gasteiger partial charge < -0.3 is 5.11 Å². The molecule has 0 amide bonds. The molecule has 0 saturated heterocycles. The highest BCUT2D eigenvalue weighted by molar-refractivity contribution is 6.31. The van der Waals surface area contributed by atoms with Gasteiger partial charge in [-0.25, -0.2) is 0 Å². The molecule has 3 nitrogen and oxygen atoms in total. The molecule has 3 aromatic carbocycles. The lowest BCUT2D eigenvalue weighted by atomic mass is 10.0. The minimum atomic E-state index is -0.790. The van der Waals surface area contributed by atoms with Crippen molar-refractivity contribution in [2.75, 3.05) is 6.54 Å². The molecule has 0 fully saturated rings. The van der Waals surface area contributed by atoms with Gasteiger partial charge in [-0.2, -0.15) is 0 Å². The zero-order valence-corrected chi connectivity index (χ0v) is 16.5. The molecule has 0 aliphatic heterocycles. The van der Waals surface area contributed by atoms with E-state index in [4.69, 9.17) is 16.7 Å². The Balaban J connectivity index is 1.73. The van der Waals surface area contributed by atoms with Crippen LogP contribution in [0, 0.1) is 0 Å². The normalized spacial score (nSPS) is 10.9. The van der Waals surface area contributed by atoms with Gasteiger partial charge >= 0.3 is 5.97 Å². The average molecular weight is 394 g/mol. The summed E-state index contributed by atoms with van der Waals surface area (Å²) in [4.78, 5) is 13.2. The summed E-state index contributed by atoms with van der Waals surface area (Å²) < 4.78 is 0. The Morgan fingerprint density at radius 1 is 0.821 bits per heavy atom. The van der Waals surface area contributed by atoms with Gasteiger partial charge in [-0.05, 0) is 34.7 Å². The number of carboxylic acid groups (broad SMARTS) is 1. The van der Waals surface area contributed by atoms with E-state index in [1.165, 1.54) is 16.7 Å². The molecule has 28 heavy (non-hydrogen) atoms. The third-order valence-corrected chi connectivity index (χ3v) is 5.01. The van der Waals surface area contributed by atoms with Crippen molar-refractivity contribution in [3.8, 4) is 0 Å². The molecule has 4 heteroatoms. The van der Waals surface area contributed by atoms with Crippen LogP contribution in [0.3, 0.4) is 0 Å². The molecule has 1 N–H and O–H groups in total. The van der Waals surface area contributed by atoms with Crippen LogP contribution in [-0.2, 0) is 24.3 Å². The van der Waals surface area contributed by atoms with Gasteiger partial charge in [-0.1, -0.05) is 84.4 Å². The maximum absolute atomic E-state index is 11.1. The van der Waals surface area contributed by atoms with E-state index in [0.29, 0.717) is 24.7 Å². The second-order valence-corrected chi connectivity index (χ2v) is 7.34. The monoisotopic (exact) mass is 393 g/mol. The number of carbonyl (C=O) groups is 1. The number of nitrogens with zero attached hydrogens (tertiary/aromatic N) is 1. The minimum Gasteiger partial charge on any atom is -0.481 e. The zero-order valence-electron chi connectivity index (χ0n) is 15.7. The molecular weight excluding hydrogens is 370 g/mol. The van der Waals surface area contributed by atoms with Crippen molar-refractivity contribution < 1.29 is 9.90 Å². The number of hydrogen-bond acceptors (Lipinski definition) is 2. The highest BCUT2D eigenvalue weighted by Gasteiger charge is 2.12. The SMILES string of the molecule is O=C(O)CCN(Cc1cccc(Cc2ccccc2)c1)Cc1ccccc1Cl. The second-order valence-electron chi connectivity index (χ2n) is 6.93. The molecule has 144 valence electrons. The van der Waals surface area contributed by atoms with E-state index in [-0.39, 0.29) is 6.42 Å². The van der Waals surface area contributed by atoms with Crippen LogP contribution >= 0.6 is 11.6 Å². The molecule has 0 spiro atoms. The Labute approximate surface area is 171 Å². The first-order chi connectivity index (χ1) is 13.6. The fourth-order valence-corrected chi connectivity index (χ4v) is 3.46. The molecule has 0 aliphatic rings. The molecule has 0 radical (unpaired) electrons. The van der Waals surface area contributed by atoms with Crippen molar-refractivity contribution >= 4 is 17.6 Å². The average Bonchev–Trinajstić information content (AvgIpc) is 2.69. The van der Waals surface area contributed by atoms with Crippen molar-refractivity contribution in [1.82, 2.24) is 4.90 Å². The Hall–Kier alpha value is -2.62. The van der Waals surface area contributed by atoms with Gasteiger partial charge in [0.25, 0.3) is 0 Å². The number of aliphatic carboxylic acids is 1. The number of carboxylic acids is 1. The Morgan fingerprint density at radius 3 is 2.25 bits per heavy atom. The summed E-state index contributed by atoms with van der Waals surface area (Å²) in [7, 11) is 0. The van der Waals surface area contributed by atoms with Gasteiger partial charge in [0, 0.05) is 24.7 Å². The number of rotatable bonds is 9. The topological polar surface area (TPSA) is 40.5 Å². The molecule has 3 rings (SSSR count). The summed E-state index contributed by atoms with van der Waals surface area (Å²) in [6.45, 7) is 1.78. The molecular formula is C24H24ClNO2. The van der Waals surface area contributed by atoms with Crippen molar-refractivity contribution in [2.24, 2.45) is 0 Å². The molecule has 0 atom stereocenters. The summed E-state index contributed by atoms with van der Waals surface area (Å²) in [5, 5.41) is 9.81. The van der Waals surface area contributed by atoms with Crippen molar-refractivity contribution in [3.05, 3.63) is 106 Å². The molecule has 0 saturated carbocycles. The third-order valence-electron chi connectivity index (χ3n) is 4.64. The van der Waals surface area contributed by atoms with Crippen LogP contribution in [0.25, 0.3) is 0 Å². The molecule has 0 bridgehead atoms. The van der Waals surface area contributed by atoms with E-state index in [1.54, 1.807) is 0 Å². The summed E-state index contributed by atoms with van der Waals surface area (Å²) >= 11 is 6.31. The van der Waals surface area contributed by atoms with Gasteiger partial charge in [-0.15, -0.1) is 0 Å². The van der Waals surface area contributed by atoms with Gasteiger partial charge in [0.2, 0.25) is 0 Å². The molecule has 0 heterocycles. The minimum absolute atomic E-state index is 0.105. The first kappa shape index (κ1) is 20.1. The molecule has 0 aliphatic carbocycles. The first-order valence-electron chi connectivity index (χ1n) is 9.39. The lowest BCUT2D eigenvalue weighted by molar-refractivity contribution is -0.137. The van der Waals surface area contributed by atoms with Crippen LogP contribution in [0.1, 0.15) is 28.7 Å².